The molecule has 0 atom stereocenters. The number of anilines is 1. The molecule has 3 aromatic heterocycles. The molecular weight excluding hydrogens is 426 g/mol. The van der Waals surface area contributed by atoms with Crippen LogP contribution in [0.15, 0.2) is 72.4 Å². The molecule has 0 radical (unpaired) electrons. The van der Waals surface area contributed by atoms with E-state index in [1.165, 1.54) is 12.8 Å². The molecule has 172 valence electrons. The van der Waals surface area contributed by atoms with Crippen LogP contribution in [0, 0.1) is 5.92 Å². The van der Waals surface area contributed by atoms with E-state index in [2.05, 4.69) is 49.5 Å². The number of rotatable bonds is 9. The fourth-order valence-electron chi connectivity index (χ4n) is 3.69. The molecule has 1 saturated carbocycles. The molecule has 8 nitrogen and oxygen atoms in total. The SMILES string of the molecule is COc1ccn2c(-c3cc(NCc4ccc(/C(C=NCC5CC5)=C/N)cc4)ncn3)cnc2c1. The van der Waals surface area contributed by atoms with Crippen LogP contribution in [0.4, 0.5) is 5.82 Å². The van der Waals surface area contributed by atoms with Gasteiger partial charge < -0.3 is 15.8 Å². The Balaban J connectivity index is 1.25. The first kappa shape index (κ1) is 21.6. The highest BCUT2D eigenvalue weighted by molar-refractivity contribution is 6.09. The number of aliphatic imine (C=N–C) groups is 1. The summed E-state index contributed by atoms with van der Waals surface area (Å²) in [4.78, 5) is 17.8. The van der Waals surface area contributed by atoms with Crippen molar-refractivity contribution in [3.05, 3.63) is 78.5 Å². The number of nitrogens with one attached hydrogen (secondary N) is 1. The molecule has 0 amide bonds. The molecule has 0 saturated heterocycles. The van der Waals surface area contributed by atoms with Gasteiger partial charge in [0.15, 0.2) is 0 Å². The van der Waals surface area contributed by atoms with Gasteiger partial charge in [-0.05, 0) is 36.0 Å². The van der Waals surface area contributed by atoms with Gasteiger partial charge in [-0.1, -0.05) is 24.3 Å². The number of imidazole rings is 1. The minimum Gasteiger partial charge on any atom is -0.497 e. The highest BCUT2D eigenvalue weighted by atomic mass is 16.5. The van der Waals surface area contributed by atoms with Gasteiger partial charge in [-0.3, -0.25) is 9.39 Å². The van der Waals surface area contributed by atoms with E-state index in [1.54, 1.807) is 25.8 Å². The van der Waals surface area contributed by atoms with Crippen LogP contribution in [-0.2, 0) is 6.54 Å². The van der Waals surface area contributed by atoms with Crippen LogP contribution in [-0.4, -0.2) is 39.2 Å². The molecule has 1 aliphatic rings. The van der Waals surface area contributed by atoms with Crippen molar-refractivity contribution in [3.63, 3.8) is 0 Å². The van der Waals surface area contributed by atoms with Crippen molar-refractivity contribution in [2.45, 2.75) is 19.4 Å². The Labute approximate surface area is 198 Å². The summed E-state index contributed by atoms with van der Waals surface area (Å²) in [6, 6.07) is 14.0. The van der Waals surface area contributed by atoms with Crippen molar-refractivity contribution >= 4 is 23.3 Å². The zero-order valence-electron chi connectivity index (χ0n) is 19.1. The highest BCUT2D eigenvalue weighted by Gasteiger charge is 2.19. The normalized spacial score (nSPS) is 14.1. The maximum absolute atomic E-state index is 5.82. The van der Waals surface area contributed by atoms with Crippen molar-refractivity contribution < 1.29 is 4.74 Å². The van der Waals surface area contributed by atoms with Gasteiger partial charge in [0, 0.05) is 49.4 Å². The van der Waals surface area contributed by atoms with Crippen LogP contribution in [0.5, 0.6) is 5.75 Å². The number of fused-ring (bicyclic) bond motifs is 1. The third-order valence-electron chi connectivity index (χ3n) is 5.88. The molecule has 5 rings (SSSR count). The van der Waals surface area contributed by atoms with Gasteiger partial charge in [-0.25, -0.2) is 15.0 Å². The van der Waals surface area contributed by atoms with Gasteiger partial charge in [-0.15, -0.1) is 0 Å². The maximum Gasteiger partial charge on any atom is 0.140 e. The molecule has 3 N–H and O–H groups in total. The van der Waals surface area contributed by atoms with E-state index in [1.807, 2.05) is 35.0 Å². The summed E-state index contributed by atoms with van der Waals surface area (Å²) in [5, 5.41) is 3.38. The Morgan fingerprint density at radius 2 is 2.03 bits per heavy atom. The molecule has 1 aromatic carbocycles. The molecule has 34 heavy (non-hydrogen) atoms. The van der Waals surface area contributed by atoms with Crippen LogP contribution in [0.2, 0.25) is 0 Å². The summed E-state index contributed by atoms with van der Waals surface area (Å²) >= 11 is 0. The fourth-order valence-corrected chi connectivity index (χ4v) is 3.69. The number of pyridine rings is 1. The van der Waals surface area contributed by atoms with Crippen molar-refractivity contribution in [1.82, 2.24) is 19.4 Å². The molecule has 0 unspecified atom stereocenters. The standard InChI is InChI=1S/C26H27N7O/c1-34-22-8-9-33-24(16-30-26(33)10-22)23-11-25(32-17-31-23)29-14-19-4-6-20(7-5-19)21(12-27)15-28-13-18-2-3-18/h4-12,15-18H,2-3,13-14,27H2,1H3,(H,29,31,32)/b21-12+,28-15?. The summed E-state index contributed by atoms with van der Waals surface area (Å²) in [6.07, 6.45) is 11.4. The number of benzene rings is 1. The third-order valence-corrected chi connectivity index (χ3v) is 5.88. The van der Waals surface area contributed by atoms with Crippen molar-refractivity contribution in [3.8, 4) is 17.1 Å². The van der Waals surface area contributed by atoms with Crippen LogP contribution < -0.4 is 15.8 Å². The molecule has 0 spiro atoms. The zero-order valence-corrected chi connectivity index (χ0v) is 19.1. The molecule has 4 aromatic rings. The van der Waals surface area contributed by atoms with E-state index in [4.69, 9.17) is 10.5 Å². The van der Waals surface area contributed by atoms with E-state index in [0.29, 0.717) is 6.54 Å². The Hall–Kier alpha value is -4.20. The van der Waals surface area contributed by atoms with Gasteiger partial charge in [0.2, 0.25) is 0 Å². The van der Waals surface area contributed by atoms with E-state index >= 15 is 0 Å². The number of hydrogen-bond acceptors (Lipinski definition) is 7. The van der Waals surface area contributed by atoms with Crippen molar-refractivity contribution in [2.75, 3.05) is 19.0 Å². The molecule has 8 heteroatoms. The van der Waals surface area contributed by atoms with Gasteiger partial charge in [0.25, 0.3) is 0 Å². The lowest BCUT2D eigenvalue weighted by atomic mass is 10.1. The third kappa shape index (κ3) is 4.91. The molecular formula is C26H27N7O. The predicted octanol–water partition coefficient (Wildman–Crippen LogP) is 4.19. The summed E-state index contributed by atoms with van der Waals surface area (Å²) in [7, 11) is 1.64. The summed E-state index contributed by atoms with van der Waals surface area (Å²) in [5.41, 5.74) is 11.4. The number of ether oxygens (including phenoxy) is 1. The second kappa shape index (κ2) is 9.74. The lowest BCUT2D eigenvalue weighted by Crippen LogP contribution is -2.03. The van der Waals surface area contributed by atoms with Crippen molar-refractivity contribution in [1.29, 1.82) is 0 Å². The molecule has 1 aliphatic carbocycles. The minimum atomic E-state index is 0.637. The van der Waals surface area contributed by atoms with Crippen LogP contribution >= 0.6 is 0 Å². The first-order valence-electron chi connectivity index (χ1n) is 11.3. The lowest BCUT2D eigenvalue weighted by Gasteiger charge is -2.09. The Morgan fingerprint density at radius 1 is 1.18 bits per heavy atom. The number of methoxy groups -OCH3 is 1. The number of hydrogen-bond donors (Lipinski definition) is 2. The Bertz CT molecular complexity index is 1340. The Kier molecular flexibility index (Phi) is 6.20. The van der Waals surface area contributed by atoms with E-state index in [0.717, 1.165) is 57.8 Å². The first-order valence-corrected chi connectivity index (χ1v) is 11.3. The molecule has 0 bridgehead atoms. The molecule has 1 fully saturated rings. The average Bonchev–Trinajstić information content (AvgIpc) is 3.62. The number of nitrogens with two attached hydrogens (primary N) is 1. The first-order chi connectivity index (χ1) is 16.7. The average molecular weight is 454 g/mol. The summed E-state index contributed by atoms with van der Waals surface area (Å²) in [6.45, 7) is 1.53. The summed E-state index contributed by atoms with van der Waals surface area (Å²) < 4.78 is 7.26. The summed E-state index contributed by atoms with van der Waals surface area (Å²) in [5.74, 6) is 2.27. The maximum atomic E-state index is 5.82. The minimum absolute atomic E-state index is 0.637. The highest BCUT2D eigenvalue weighted by Crippen LogP contribution is 2.29. The van der Waals surface area contributed by atoms with Gasteiger partial charge in [0.1, 0.15) is 23.5 Å². The second-order valence-electron chi connectivity index (χ2n) is 8.34. The molecule has 0 aliphatic heterocycles. The number of nitrogens with zero attached hydrogens (tertiary/aromatic N) is 5. The van der Waals surface area contributed by atoms with Crippen molar-refractivity contribution in [2.24, 2.45) is 16.6 Å². The predicted molar refractivity (Wildman–Crippen MR) is 135 cm³/mol. The molecule has 3 heterocycles. The van der Waals surface area contributed by atoms with Gasteiger partial charge in [-0.2, -0.15) is 0 Å². The smallest absolute Gasteiger partial charge is 0.140 e. The number of allylic oxidation sites excluding steroid dienone is 1. The monoisotopic (exact) mass is 453 g/mol. The lowest BCUT2D eigenvalue weighted by molar-refractivity contribution is 0.414. The zero-order chi connectivity index (χ0) is 23.3. The van der Waals surface area contributed by atoms with E-state index in [9.17, 15) is 0 Å². The second-order valence-corrected chi connectivity index (χ2v) is 8.34. The number of aromatic nitrogens is 4. The van der Waals surface area contributed by atoms with Crippen LogP contribution in [0.3, 0.4) is 0 Å². The quantitative estimate of drug-likeness (QED) is 0.368. The van der Waals surface area contributed by atoms with Crippen LogP contribution in [0.25, 0.3) is 22.6 Å². The fraction of sp³-hybridized carbons (Fsp3) is 0.231. The van der Waals surface area contributed by atoms with E-state index < -0.39 is 0 Å². The van der Waals surface area contributed by atoms with E-state index in [-0.39, 0.29) is 0 Å². The largest absolute Gasteiger partial charge is 0.497 e. The van der Waals surface area contributed by atoms with Crippen LogP contribution in [0.1, 0.15) is 24.0 Å². The van der Waals surface area contributed by atoms with Gasteiger partial charge >= 0.3 is 0 Å². The van der Waals surface area contributed by atoms with Gasteiger partial charge in [0.05, 0.1) is 24.7 Å². The Morgan fingerprint density at radius 3 is 2.79 bits per heavy atom. The topological polar surface area (TPSA) is 103 Å².